The lowest BCUT2D eigenvalue weighted by atomic mass is 10.3. The molecule has 1 aromatic heterocycles. The summed E-state index contributed by atoms with van der Waals surface area (Å²) in [5, 5.41) is 6.77. The van der Waals surface area contributed by atoms with Crippen LogP contribution in [0.25, 0.3) is 0 Å². The normalized spacial score (nSPS) is 10.5. The smallest absolute Gasteiger partial charge is 0.229 e. The number of nitrogens with one attached hydrogen (secondary N) is 2. The van der Waals surface area contributed by atoms with Gasteiger partial charge in [-0.15, -0.1) is 0 Å². The molecule has 0 saturated heterocycles. The van der Waals surface area contributed by atoms with Gasteiger partial charge in [0.05, 0.1) is 15.7 Å². The third-order valence-electron chi connectivity index (χ3n) is 3.17. The second-order valence-corrected chi connectivity index (χ2v) is 5.89. The first-order chi connectivity index (χ1) is 11.5. The molecule has 0 radical (unpaired) electrons. The van der Waals surface area contributed by atoms with Gasteiger partial charge in [0.25, 0.3) is 0 Å². The SMILES string of the molecule is Cc1cc(Nc2ccc(F)c(Cl)c2)nc(Nc2ccccc2Cl)n1. The van der Waals surface area contributed by atoms with Crippen molar-refractivity contribution in [2.45, 2.75) is 6.92 Å². The molecule has 0 aliphatic carbocycles. The Morgan fingerprint density at radius 3 is 2.46 bits per heavy atom. The Balaban J connectivity index is 1.86. The zero-order valence-electron chi connectivity index (χ0n) is 12.6. The molecule has 24 heavy (non-hydrogen) atoms. The van der Waals surface area contributed by atoms with Gasteiger partial charge in [0.1, 0.15) is 11.6 Å². The molecule has 3 aromatic rings. The molecule has 2 N–H and O–H groups in total. The Morgan fingerprint density at radius 1 is 0.917 bits per heavy atom. The summed E-state index contributed by atoms with van der Waals surface area (Å²) in [7, 11) is 0. The summed E-state index contributed by atoms with van der Waals surface area (Å²) in [5.74, 6) is 0.487. The molecule has 7 heteroatoms. The van der Waals surface area contributed by atoms with Gasteiger partial charge in [-0.05, 0) is 37.3 Å². The van der Waals surface area contributed by atoms with Crippen LogP contribution in [0.15, 0.2) is 48.5 Å². The fraction of sp³-hybridized carbons (Fsp3) is 0.0588. The minimum atomic E-state index is -0.470. The Hall–Kier alpha value is -2.37. The molecule has 0 bridgehead atoms. The summed E-state index contributed by atoms with van der Waals surface area (Å²) in [6.45, 7) is 1.85. The van der Waals surface area contributed by atoms with Crippen molar-refractivity contribution in [3.63, 3.8) is 0 Å². The van der Waals surface area contributed by atoms with E-state index in [-0.39, 0.29) is 5.02 Å². The van der Waals surface area contributed by atoms with E-state index >= 15 is 0 Å². The van der Waals surface area contributed by atoms with E-state index in [1.807, 2.05) is 25.1 Å². The van der Waals surface area contributed by atoms with E-state index in [1.165, 1.54) is 12.1 Å². The quantitative estimate of drug-likeness (QED) is 0.623. The fourth-order valence-electron chi connectivity index (χ4n) is 2.09. The zero-order valence-corrected chi connectivity index (χ0v) is 14.2. The summed E-state index contributed by atoms with van der Waals surface area (Å²) in [6, 6.07) is 13.5. The molecule has 0 fully saturated rings. The van der Waals surface area contributed by atoms with E-state index in [1.54, 1.807) is 18.2 Å². The summed E-state index contributed by atoms with van der Waals surface area (Å²) in [4.78, 5) is 8.73. The van der Waals surface area contributed by atoms with Crippen LogP contribution in [0.5, 0.6) is 0 Å². The van der Waals surface area contributed by atoms with Crippen LogP contribution in [0.3, 0.4) is 0 Å². The van der Waals surface area contributed by atoms with Crippen LogP contribution in [0.2, 0.25) is 10.0 Å². The summed E-state index contributed by atoms with van der Waals surface area (Å²) in [5.41, 5.74) is 2.10. The minimum absolute atomic E-state index is 0.0418. The Labute approximate surface area is 148 Å². The summed E-state index contributed by atoms with van der Waals surface area (Å²) < 4.78 is 13.2. The molecule has 0 aliphatic rings. The average Bonchev–Trinajstić information content (AvgIpc) is 2.53. The highest BCUT2D eigenvalue weighted by molar-refractivity contribution is 6.33. The van der Waals surface area contributed by atoms with Gasteiger partial charge in [-0.1, -0.05) is 35.3 Å². The topological polar surface area (TPSA) is 49.8 Å². The van der Waals surface area contributed by atoms with Gasteiger partial charge in [0, 0.05) is 17.4 Å². The lowest BCUT2D eigenvalue weighted by Crippen LogP contribution is -2.02. The number of anilines is 4. The van der Waals surface area contributed by atoms with Crippen LogP contribution in [0, 0.1) is 12.7 Å². The maximum atomic E-state index is 13.2. The monoisotopic (exact) mass is 362 g/mol. The average molecular weight is 363 g/mol. The first-order valence-electron chi connectivity index (χ1n) is 7.10. The van der Waals surface area contributed by atoms with Gasteiger partial charge in [-0.3, -0.25) is 0 Å². The third kappa shape index (κ3) is 3.93. The van der Waals surface area contributed by atoms with Gasteiger partial charge in [0.15, 0.2) is 0 Å². The molecule has 0 spiro atoms. The van der Waals surface area contributed by atoms with E-state index in [4.69, 9.17) is 23.2 Å². The molecule has 0 aliphatic heterocycles. The van der Waals surface area contributed by atoms with Gasteiger partial charge >= 0.3 is 0 Å². The highest BCUT2D eigenvalue weighted by atomic mass is 35.5. The first kappa shape index (κ1) is 16.5. The molecule has 0 unspecified atom stereocenters. The number of para-hydroxylation sites is 1. The number of hydrogen-bond acceptors (Lipinski definition) is 4. The minimum Gasteiger partial charge on any atom is -0.340 e. The number of aryl methyl sites for hydroxylation is 1. The molecule has 0 atom stereocenters. The lowest BCUT2D eigenvalue weighted by Gasteiger charge is -2.11. The van der Waals surface area contributed by atoms with Gasteiger partial charge in [-0.2, -0.15) is 4.98 Å². The molecular formula is C17H13Cl2FN4. The first-order valence-corrected chi connectivity index (χ1v) is 7.86. The molecule has 0 amide bonds. The number of hydrogen-bond donors (Lipinski definition) is 2. The standard InChI is InChI=1S/C17H13Cl2FN4/c1-10-8-16(22-11-6-7-14(20)13(19)9-11)24-17(21-10)23-15-5-3-2-4-12(15)18/h2-9H,1H3,(H2,21,22,23,24). The number of nitrogens with zero attached hydrogens (tertiary/aromatic N) is 2. The number of rotatable bonds is 4. The van der Waals surface area contributed by atoms with Crippen LogP contribution in [0.4, 0.5) is 27.5 Å². The van der Waals surface area contributed by atoms with Crippen molar-refractivity contribution >= 4 is 46.3 Å². The predicted molar refractivity (Wildman–Crippen MR) is 96.2 cm³/mol. The Morgan fingerprint density at radius 2 is 1.71 bits per heavy atom. The van der Waals surface area contributed by atoms with Crippen molar-refractivity contribution in [3.05, 3.63) is 70.1 Å². The van der Waals surface area contributed by atoms with E-state index in [2.05, 4.69) is 20.6 Å². The third-order valence-corrected chi connectivity index (χ3v) is 3.79. The molecule has 4 nitrogen and oxygen atoms in total. The van der Waals surface area contributed by atoms with Crippen LogP contribution in [0.1, 0.15) is 5.69 Å². The van der Waals surface area contributed by atoms with Crippen molar-refractivity contribution in [2.24, 2.45) is 0 Å². The van der Waals surface area contributed by atoms with E-state index in [9.17, 15) is 4.39 Å². The van der Waals surface area contributed by atoms with Crippen molar-refractivity contribution in [1.29, 1.82) is 0 Å². The number of benzene rings is 2. The van der Waals surface area contributed by atoms with Gasteiger partial charge < -0.3 is 10.6 Å². The van der Waals surface area contributed by atoms with Crippen molar-refractivity contribution in [1.82, 2.24) is 9.97 Å². The van der Waals surface area contributed by atoms with E-state index in [0.29, 0.717) is 28.2 Å². The van der Waals surface area contributed by atoms with Crippen LogP contribution in [-0.2, 0) is 0 Å². The highest BCUT2D eigenvalue weighted by Gasteiger charge is 2.07. The lowest BCUT2D eigenvalue weighted by molar-refractivity contribution is 0.628. The number of aromatic nitrogens is 2. The van der Waals surface area contributed by atoms with E-state index in [0.717, 1.165) is 5.69 Å². The van der Waals surface area contributed by atoms with Crippen molar-refractivity contribution in [3.8, 4) is 0 Å². The highest BCUT2D eigenvalue weighted by Crippen LogP contribution is 2.25. The van der Waals surface area contributed by atoms with Crippen molar-refractivity contribution < 1.29 is 4.39 Å². The van der Waals surface area contributed by atoms with Crippen LogP contribution < -0.4 is 10.6 Å². The summed E-state index contributed by atoms with van der Waals surface area (Å²) >= 11 is 11.9. The van der Waals surface area contributed by atoms with Gasteiger partial charge in [0.2, 0.25) is 5.95 Å². The predicted octanol–water partition coefficient (Wildman–Crippen LogP) is 5.72. The fourth-order valence-corrected chi connectivity index (χ4v) is 2.46. The van der Waals surface area contributed by atoms with Crippen LogP contribution >= 0.6 is 23.2 Å². The molecule has 122 valence electrons. The molecule has 0 saturated carbocycles. The Kier molecular flexibility index (Phi) is 4.83. The molecular weight excluding hydrogens is 350 g/mol. The second-order valence-electron chi connectivity index (χ2n) is 5.08. The van der Waals surface area contributed by atoms with Crippen LogP contribution in [-0.4, -0.2) is 9.97 Å². The molecule has 2 aromatic carbocycles. The summed E-state index contributed by atoms with van der Waals surface area (Å²) in [6.07, 6.45) is 0. The second kappa shape index (κ2) is 7.03. The maximum absolute atomic E-state index is 13.2. The molecule has 1 heterocycles. The maximum Gasteiger partial charge on any atom is 0.229 e. The molecule has 3 rings (SSSR count). The largest absolute Gasteiger partial charge is 0.340 e. The zero-order chi connectivity index (χ0) is 17.1. The number of halogens is 3. The van der Waals surface area contributed by atoms with Crippen molar-refractivity contribution in [2.75, 3.05) is 10.6 Å². The Bertz CT molecular complexity index is 886. The van der Waals surface area contributed by atoms with E-state index < -0.39 is 5.82 Å². The van der Waals surface area contributed by atoms with Gasteiger partial charge in [-0.25, -0.2) is 9.37 Å².